The summed E-state index contributed by atoms with van der Waals surface area (Å²) in [4.78, 5) is 28.5. The van der Waals surface area contributed by atoms with E-state index in [0.29, 0.717) is 11.1 Å². The number of hydrogen-bond donors (Lipinski definition) is 1. The van der Waals surface area contributed by atoms with Crippen LogP contribution in [0.5, 0.6) is 0 Å². The number of benzene rings is 1. The summed E-state index contributed by atoms with van der Waals surface area (Å²) < 4.78 is 5.34. The van der Waals surface area contributed by atoms with Gasteiger partial charge in [0.2, 0.25) is 0 Å². The second kappa shape index (κ2) is 7.87. The monoisotopic (exact) mass is 374 g/mol. The minimum atomic E-state index is -0.544. The van der Waals surface area contributed by atoms with Crippen molar-refractivity contribution >= 4 is 23.5 Å². The van der Waals surface area contributed by atoms with E-state index in [1.807, 2.05) is 34.6 Å². The Morgan fingerprint density at radius 1 is 1.19 bits per heavy atom. The molecule has 0 radical (unpaired) electrons. The lowest BCUT2D eigenvalue weighted by molar-refractivity contribution is 0.00693. The normalized spacial score (nSPS) is 12.4. The van der Waals surface area contributed by atoms with Crippen LogP contribution in [-0.2, 0) is 4.74 Å². The quantitative estimate of drug-likeness (QED) is 0.632. The summed E-state index contributed by atoms with van der Waals surface area (Å²) >= 11 is 6.01. The first-order chi connectivity index (χ1) is 12.1. The lowest BCUT2D eigenvalue weighted by Gasteiger charge is -2.20. The average molecular weight is 375 g/mol. The fourth-order valence-electron chi connectivity index (χ4n) is 2.31. The number of rotatable bonds is 4. The number of carbonyl (C=O) groups excluding carboxylic acids is 2. The Labute approximate surface area is 158 Å². The van der Waals surface area contributed by atoms with Crippen LogP contribution in [0.2, 0.25) is 5.15 Å². The van der Waals surface area contributed by atoms with Gasteiger partial charge in [-0.1, -0.05) is 23.7 Å². The van der Waals surface area contributed by atoms with Crippen LogP contribution in [0, 0.1) is 6.92 Å². The predicted molar refractivity (Wildman–Crippen MR) is 101 cm³/mol. The molecule has 138 valence electrons. The molecule has 1 aromatic carbocycles. The van der Waals surface area contributed by atoms with Crippen LogP contribution in [0.4, 0.5) is 0 Å². The van der Waals surface area contributed by atoms with Crippen molar-refractivity contribution in [2.24, 2.45) is 0 Å². The number of amides is 1. The van der Waals surface area contributed by atoms with Gasteiger partial charge in [-0.25, -0.2) is 9.78 Å². The predicted octanol–water partition coefficient (Wildman–Crippen LogP) is 4.49. The van der Waals surface area contributed by atoms with Gasteiger partial charge < -0.3 is 10.1 Å². The molecule has 0 spiro atoms. The summed E-state index contributed by atoms with van der Waals surface area (Å²) in [5.74, 6) is -0.673. The van der Waals surface area contributed by atoms with Crippen molar-refractivity contribution in [3.8, 4) is 0 Å². The molecule has 1 atom stereocenters. The van der Waals surface area contributed by atoms with Crippen LogP contribution < -0.4 is 5.32 Å². The van der Waals surface area contributed by atoms with Gasteiger partial charge in [-0.2, -0.15) is 0 Å². The standard InChI is InChI=1S/C20H23ClN2O3/c1-12-10-16(17(21)22-11-12)18(24)23-13(2)14-6-8-15(9-7-14)19(25)26-20(3,4)5/h6-11,13H,1-5H3,(H,23,24). The van der Waals surface area contributed by atoms with E-state index in [1.54, 1.807) is 36.5 Å². The molecule has 1 heterocycles. The van der Waals surface area contributed by atoms with E-state index < -0.39 is 5.60 Å². The van der Waals surface area contributed by atoms with Gasteiger partial charge in [0, 0.05) is 6.20 Å². The van der Waals surface area contributed by atoms with E-state index in [9.17, 15) is 9.59 Å². The molecule has 0 fully saturated rings. The molecule has 0 aliphatic heterocycles. The highest BCUT2D eigenvalue weighted by Gasteiger charge is 2.19. The molecule has 1 unspecified atom stereocenters. The number of nitrogens with zero attached hydrogens (tertiary/aromatic N) is 1. The summed E-state index contributed by atoms with van der Waals surface area (Å²) in [5, 5.41) is 3.06. The maximum atomic E-state index is 12.4. The van der Waals surface area contributed by atoms with Crippen molar-refractivity contribution in [3.05, 3.63) is 63.9 Å². The number of ether oxygens (including phenoxy) is 1. The van der Waals surface area contributed by atoms with Gasteiger partial charge in [-0.3, -0.25) is 4.79 Å². The molecular formula is C20H23ClN2O3. The van der Waals surface area contributed by atoms with E-state index in [-0.39, 0.29) is 23.1 Å². The minimum absolute atomic E-state index is 0.167. The molecule has 0 aliphatic rings. The van der Waals surface area contributed by atoms with Crippen LogP contribution in [-0.4, -0.2) is 22.5 Å². The van der Waals surface area contributed by atoms with E-state index >= 15 is 0 Å². The second-order valence-electron chi connectivity index (χ2n) is 7.17. The SMILES string of the molecule is Cc1cnc(Cl)c(C(=O)NC(C)c2ccc(C(=O)OC(C)(C)C)cc2)c1. The maximum absolute atomic E-state index is 12.4. The lowest BCUT2D eigenvalue weighted by Crippen LogP contribution is -2.27. The summed E-state index contributed by atoms with van der Waals surface area (Å²) in [6.45, 7) is 9.17. The topological polar surface area (TPSA) is 68.3 Å². The Kier molecular flexibility index (Phi) is 6.03. The second-order valence-corrected chi connectivity index (χ2v) is 7.53. The molecule has 26 heavy (non-hydrogen) atoms. The Bertz CT molecular complexity index is 811. The van der Waals surface area contributed by atoms with Crippen LogP contribution in [0.25, 0.3) is 0 Å². The zero-order valence-corrected chi connectivity index (χ0v) is 16.3. The van der Waals surface area contributed by atoms with Crippen molar-refractivity contribution in [1.82, 2.24) is 10.3 Å². The summed E-state index contributed by atoms with van der Waals surface area (Å²) in [5.41, 5.74) is 1.98. The highest BCUT2D eigenvalue weighted by Crippen LogP contribution is 2.19. The van der Waals surface area contributed by atoms with Crippen molar-refractivity contribution in [1.29, 1.82) is 0 Å². The third-order valence-electron chi connectivity index (χ3n) is 3.61. The van der Waals surface area contributed by atoms with E-state index in [4.69, 9.17) is 16.3 Å². The zero-order chi connectivity index (χ0) is 19.5. The van der Waals surface area contributed by atoms with Gasteiger partial charge in [-0.05, 0) is 63.9 Å². The first kappa shape index (κ1) is 19.9. The number of carbonyl (C=O) groups is 2. The van der Waals surface area contributed by atoms with Crippen LogP contribution >= 0.6 is 11.6 Å². The van der Waals surface area contributed by atoms with Crippen molar-refractivity contribution in [2.75, 3.05) is 0 Å². The third kappa shape index (κ3) is 5.30. The van der Waals surface area contributed by atoms with Gasteiger partial charge in [0.15, 0.2) is 0 Å². The number of esters is 1. The first-order valence-corrected chi connectivity index (χ1v) is 8.71. The van der Waals surface area contributed by atoms with Gasteiger partial charge in [0.25, 0.3) is 5.91 Å². The molecule has 0 saturated carbocycles. The Morgan fingerprint density at radius 2 is 1.81 bits per heavy atom. The molecule has 1 aromatic heterocycles. The Hall–Kier alpha value is -2.40. The number of aromatic nitrogens is 1. The van der Waals surface area contributed by atoms with Crippen molar-refractivity contribution in [3.63, 3.8) is 0 Å². The third-order valence-corrected chi connectivity index (χ3v) is 3.91. The molecule has 6 heteroatoms. The lowest BCUT2D eigenvalue weighted by atomic mass is 10.1. The molecule has 2 rings (SSSR count). The Morgan fingerprint density at radius 3 is 2.38 bits per heavy atom. The largest absolute Gasteiger partial charge is 0.456 e. The molecule has 1 N–H and O–H groups in total. The molecule has 0 saturated heterocycles. The van der Waals surface area contributed by atoms with Crippen LogP contribution in [0.3, 0.4) is 0 Å². The number of nitrogens with one attached hydrogen (secondary N) is 1. The number of hydrogen-bond acceptors (Lipinski definition) is 4. The molecule has 0 bridgehead atoms. The van der Waals surface area contributed by atoms with Crippen molar-refractivity contribution in [2.45, 2.75) is 46.3 Å². The van der Waals surface area contributed by atoms with E-state index in [1.165, 1.54) is 0 Å². The van der Waals surface area contributed by atoms with E-state index in [0.717, 1.165) is 11.1 Å². The summed E-state index contributed by atoms with van der Waals surface area (Å²) in [6, 6.07) is 8.40. The van der Waals surface area contributed by atoms with Gasteiger partial charge in [-0.15, -0.1) is 0 Å². The maximum Gasteiger partial charge on any atom is 0.338 e. The fourth-order valence-corrected chi connectivity index (χ4v) is 2.50. The number of halogens is 1. The van der Waals surface area contributed by atoms with Crippen LogP contribution in [0.15, 0.2) is 36.5 Å². The number of pyridine rings is 1. The summed E-state index contributed by atoms with van der Waals surface area (Å²) in [6.07, 6.45) is 1.61. The first-order valence-electron chi connectivity index (χ1n) is 8.33. The molecule has 1 amide bonds. The van der Waals surface area contributed by atoms with Crippen molar-refractivity contribution < 1.29 is 14.3 Å². The molecule has 5 nitrogen and oxygen atoms in total. The molecular weight excluding hydrogens is 352 g/mol. The molecule has 0 aliphatic carbocycles. The van der Waals surface area contributed by atoms with Gasteiger partial charge in [0.05, 0.1) is 17.2 Å². The zero-order valence-electron chi connectivity index (χ0n) is 15.6. The highest BCUT2D eigenvalue weighted by atomic mass is 35.5. The number of aryl methyl sites for hydroxylation is 1. The minimum Gasteiger partial charge on any atom is -0.456 e. The Balaban J connectivity index is 2.08. The van der Waals surface area contributed by atoms with E-state index in [2.05, 4.69) is 10.3 Å². The average Bonchev–Trinajstić information content (AvgIpc) is 2.55. The van der Waals surface area contributed by atoms with Crippen LogP contribution in [0.1, 0.15) is 65.6 Å². The van der Waals surface area contributed by atoms with Gasteiger partial charge in [0.1, 0.15) is 10.8 Å². The highest BCUT2D eigenvalue weighted by molar-refractivity contribution is 6.32. The smallest absolute Gasteiger partial charge is 0.338 e. The molecule has 2 aromatic rings. The summed E-state index contributed by atoms with van der Waals surface area (Å²) in [7, 11) is 0. The van der Waals surface area contributed by atoms with Gasteiger partial charge >= 0.3 is 5.97 Å². The fraction of sp³-hybridized carbons (Fsp3) is 0.350.